The minimum absolute atomic E-state index is 0.279. The third kappa shape index (κ3) is 2.00. The van der Waals surface area contributed by atoms with Crippen molar-refractivity contribution in [1.82, 2.24) is 14.5 Å². The van der Waals surface area contributed by atoms with Crippen LogP contribution in [0.3, 0.4) is 0 Å². The van der Waals surface area contributed by atoms with Crippen LogP contribution in [-0.2, 0) is 23.6 Å². The lowest BCUT2D eigenvalue weighted by Crippen LogP contribution is -2.22. The van der Waals surface area contributed by atoms with E-state index in [1.807, 2.05) is 14.0 Å². The predicted molar refractivity (Wildman–Crippen MR) is 74.9 cm³/mol. The Morgan fingerprint density at radius 2 is 2.10 bits per heavy atom. The molecule has 104 valence electrons. The van der Waals surface area contributed by atoms with Crippen LogP contribution in [0.5, 0.6) is 0 Å². The van der Waals surface area contributed by atoms with Crippen molar-refractivity contribution in [3.05, 3.63) is 47.3 Å². The third-order valence-electron chi connectivity index (χ3n) is 3.41. The van der Waals surface area contributed by atoms with Gasteiger partial charge in [-0.3, -0.25) is 14.4 Å². The van der Waals surface area contributed by atoms with Crippen LogP contribution in [-0.4, -0.2) is 24.0 Å². The SMILES string of the molecule is Cc1c(CN=C2NS(=O)(=O)c3ccccc32)cnn1C. The molecule has 2 aromatic rings. The summed E-state index contributed by atoms with van der Waals surface area (Å²) in [6.07, 6.45) is 1.74. The van der Waals surface area contributed by atoms with Gasteiger partial charge in [-0.25, -0.2) is 8.42 Å². The first-order valence-corrected chi connectivity index (χ1v) is 7.61. The summed E-state index contributed by atoms with van der Waals surface area (Å²) < 4.78 is 28.1. The Labute approximate surface area is 117 Å². The molecule has 1 aromatic carbocycles. The molecule has 0 atom stereocenters. The van der Waals surface area contributed by atoms with Crippen molar-refractivity contribution in [1.29, 1.82) is 0 Å². The van der Waals surface area contributed by atoms with Crippen LogP contribution in [0.1, 0.15) is 16.8 Å². The van der Waals surface area contributed by atoms with Crippen LogP contribution >= 0.6 is 0 Å². The molecule has 3 rings (SSSR count). The van der Waals surface area contributed by atoms with Gasteiger partial charge in [0.2, 0.25) is 0 Å². The number of aromatic nitrogens is 2. The summed E-state index contributed by atoms with van der Waals surface area (Å²) in [5, 5.41) is 4.14. The number of hydrogen-bond acceptors (Lipinski definition) is 4. The monoisotopic (exact) mass is 290 g/mol. The average molecular weight is 290 g/mol. The van der Waals surface area contributed by atoms with Gasteiger partial charge in [0.05, 0.1) is 17.6 Å². The fraction of sp³-hybridized carbons (Fsp3) is 0.231. The van der Waals surface area contributed by atoms with E-state index in [4.69, 9.17) is 0 Å². The predicted octanol–water partition coefficient (Wildman–Crippen LogP) is 0.967. The summed E-state index contributed by atoms with van der Waals surface area (Å²) in [6, 6.07) is 6.83. The Balaban J connectivity index is 1.97. The lowest BCUT2D eigenvalue weighted by molar-refractivity contribution is 0.595. The zero-order chi connectivity index (χ0) is 14.3. The average Bonchev–Trinajstić information content (AvgIpc) is 2.88. The molecular weight excluding hydrogens is 276 g/mol. The van der Waals surface area contributed by atoms with E-state index in [-0.39, 0.29) is 4.90 Å². The molecule has 0 saturated carbocycles. The second kappa shape index (κ2) is 4.45. The zero-order valence-corrected chi connectivity index (χ0v) is 12.0. The molecule has 0 fully saturated rings. The number of aryl methyl sites for hydroxylation is 1. The van der Waals surface area contributed by atoms with Gasteiger partial charge in [-0.1, -0.05) is 12.1 Å². The highest BCUT2D eigenvalue weighted by atomic mass is 32.2. The molecule has 0 saturated heterocycles. The molecule has 1 N–H and O–H groups in total. The molecule has 6 nitrogen and oxygen atoms in total. The molecule has 0 bridgehead atoms. The second-order valence-corrected chi connectivity index (χ2v) is 6.30. The largest absolute Gasteiger partial charge is 0.273 e. The Hall–Kier alpha value is -2.15. The van der Waals surface area contributed by atoms with E-state index in [1.54, 1.807) is 35.1 Å². The van der Waals surface area contributed by atoms with Crippen molar-refractivity contribution in [2.24, 2.45) is 12.0 Å². The number of fused-ring (bicyclic) bond motifs is 1. The van der Waals surface area contributed by atoms with Crippen LogP contribution in [0, 0.1) is 6.92 Å². The fourth-order valence-electron chi connectivity index (χ4n) is 2.11. The maximum absolute atomic E-state index is 11.9. The maximum atomic E-state index is 11.9. The standard InChI is InChI=1S/C13H14N4O2S/c1-9-10(8-15-17(9)2)7-14-13-11-5-3-4-6-12(11)20(18,19)16-13/h3-6,8H,7H2,1-2H3,(H,14,16). The van der Waals surface area contributed by atoms with Crippen molar-refractivity contribution in [3.8, 4) is 0 Å². The topological polar surface area (TPSA) is 76.3 Å². The van der Waals surface area contributed by atoms with Gasteiger partial charge in [-0.15, -0.1) is 0 Å². The summed E-state index contributed by atoms with van der Waals surface area (Å²) in [6.45, 7) is 2.35. The first kappa shape index (κ1) is 12.9. The number of amidine groups is 1. The normalized spacial score (nSPS) is 18.0. The van der Waals surface area contributed by atoms with Gasteiger partial charge >= 0.3 is 0 Å². The first-order chi connectivity index (χ1) is 9.49. The minimum Gasteiger partial charge on any atom is -0.273 e. The van der Waals surface area contributed by atoms with E-state index in [9.17, 15) is 8.42 Å². The Morgan fingerprint density at radius 1 is 1.35 bits per heavy atom. The maximum Gasteiger partial charge on any atom is 0.263 e. The van der Waals surface area contributed by atoms with Crippen molar-refractivity contribution in [2.45, 2.75) is 18.4 Å². The molecular formula is C13H14N4O2S. The summed E-state index contributed by atoms with van der Waals surface area (Å²) in [5.74, 6) is 0.392. The van der Waals surface area contributed by atoms with Crippen LogP contribution in [0.25, 0.3) is 0 Å². The molecule has 20 heavy (non-hydrogen) atoms. The molecule has 7 heteroatoms. The van der Waals surface area contributed by atoms with Crippen LogP contribution < -0.4 is 4.72 Å². The van der Waals surface area contributed by atoms with E-state index in [0.717, 1.165) is 11.3 Å². The Morgan fingerprint density at radius 3 is 2.80 bits per heavy atom. The number of rotatable bonds is 2. The van der Waals surface area contributed by atoms with Gasteiger partial charge < -0.3 is 0 Å². The van der Waals surface area contributed by atoms with Crippen molar-refractivity contribution < 1.29 is 8.42 Å². The van der Waals surface area contributed by atoms with E-state index < -0.39 is 10.0 Å². The van der Waals surface area contributed by atoms with Gasteiger partial charge in [0.15, 0.2) is 0 Å². The number of nitrogens with zero attached hydrogens (tertiary/aromatic N) is 3. The lowest BCUT2D eigenvalue weighted by atomic mass is 10.2. The highest BCUT2D eigenvalue weighted by Gasteiger charge is 2.29. The molecule has 1 aromatic heterocycles. The van der Waals surface area contributed by atoms with E-state index in [2.05, 4.69) is 14.8 Å². The summed E-state index contributed by atoms with van der Waals surface area (Å²) in [5.41, 5.74) is 2.61. The molecule has 0 unspecified atom stereocenters. The molecule has 1 aliphatic heterocycles. The van der Waals surface area contributed by atoms with Gasteiger partial charge in [0.1, 0.15) is 5.84 Å². The van der Waals surface area contributed by atoms with Gasteiger partial charge in [-0.2, -0.15) is 5.10 Å². The molecule has 0 aliphatic carbocycles. The van der Waals surface area contributed by atoms with E-state index in [1.165, 1.54) is 0 Å². The number of hydrogen-bond donors (Lipinski definition) is 1. The summed E-state index contributed by atoms with van der Waals surface area (Å²) in [7, 11) is -1.61. The molecule has 0 spiro atoms. The van der Waals surface area contributed by atoms with Crippen LogP contribution in [0.15, 0.2) is 40.4 Å². The quantitative estimate of drug-likeness (QED) is 0.895. The highest BCUT2D eigenvalue weighted by Crippen LogP contribution is 2.22. The summed E-state index contributed by atoms with van der Waals surface area (Å²) >= 11 is 0. The van der Waals surface area contributed by atoms with Gasteiger partial charge in [0, 0.05) is 23.9 Å². The third-order valence-corrected chi connectivity index (χ3v) is 4.80. The minimum atomic E-state index is -3.47. The number of benzene rings is 1. The fourth-order valence-corrected chi connectivity index (χ4v) is 3.37. The second-order valence-electron chi connectivity index (χ2n) is 4.65. The van der Waals surface area contributed by atoms with Gasteiger partial charge in [-0.05, 0) is 19.1 Å². The number of aliphatic imine (C=N–C) groups is 1. The summed E-state index contributed by atoms with van der Waals surface area (Å²) in [4.78, 5) is 4.66. The number of sulfonamides is 1. The first-order valence-electron chi connectivity index (χ1n) is 6.13. The van der Waals surface area contributed by atoms with Crippen molar-refractivity contribution in [2.75, 3.05) is 0 Å². The van der Waals surface area contributed by atoms with E-state index in [0.29, 0.717) is 17.9 Å². The molecule has 0 amide bonds. The van der Waals surface area contributed by atoms with Crippen molar-refractivity contribution in [3.63, 3.8) is 0 Å². The van der Waals surface area contributed by atoms with Crippen molar-refractivity contribution >= 4 is 15.9 Å². The molecule has 2 heterocycles. The van der Waals surface area contributed by atoms with Gasteiger partial charge in [0.25, 0.3) is 10.0 Å². The van der Waals surface area contributed by atoms with E-state index >= 15 is 0 Å². The number of nitrogens with one attached hydrogen (secondary N) is 1. The molecule has 0 radical (unpaired) electrons. The Kier molecular flexibility index (Phi) is 2.86. The highest BCUT2D eigenvalue weighted by molar-refractivity contribution is 7.90. The smallest absolute Gasteiger partial charge is 0.263 e. The Bertz CT molecular complexity index is 806. The zero-order valence-electron chi connectivity index (χ0n) is 11.2. The lowest BCUT2D eigenvalue weighted by Gasteiger charge is -2.00. The van der Waals surface area contributed by atoms with Crippen LogP contribution in [0.2, 0.25) is 0 Å². The van der Waals surface area contributed by atoms with Crippen LogP contribution in [0.4, 0.5) is 0 Å². The molecule has 1 aliphatic rings.